The second-order valence-corrected chi connectivity index (χ2v) is 5.50. The number of nitrogens with one attached hydrogen (secondary N) is 1. The number of fused-ring (bicyclic) bond motifs is 1. The van der Waals surface area contributed by atoms with Gasteiger partial charge < -0.3 is 5.32 Å². The first-order valence-electron chi connectivity index (χ1n) is 7.16. The van der Waals surface area contributed by atoms with Crippen LogP contribution >= 0.6 is 11.6 Å². The van der Waals surface area contributed by atoms with E-state index in [2.05, 4.69) is 46.9 Å². The lowest BCUT2D eigenvalue weighted by Gasteiger charge is -2.15. The third-order valence-corrected chi connectivity index (χ3v) is 4.02. The van der Waals surface area contributed by atoms with E-state index in [1.165, 1.54) is 0 Å². The molecule has 4 heteroatoms. The number of para-hydroxylation sites is 2. The lowest BCUT2D eigenvalue weighted by Crippen LogP contribution is -2.18. The highest BCUT2D eigenvalue weighted by molar-refractivity contribution is 6.31. The molecular formula is C17H18ClN3. The number of imidazole rings is 1. The summed E-state index contributed by atoms with van der Waals surface area (Å²) in [4.78, 5) is 4.42. The third-order valence-electron chi connectivity index (χ3n) is 3.69. The van der Waals surface area contributed by atoms with Gasteiger partial charge in [0, 0.05) is 16.8 Å². The first kappa shape index (κ1) is 14.1. The van der Waals surface area contributed by atoms with E-state index in [4.69, 9.17) is 11.6 Å². The average Bonchev–Trinajstić information content (AvgIpc) is 2.91. The first-order valence-corrected chi connectivity index (χ1v) is 7.53. The lowest BCUT2D eigenvalue weighted by atomic mass is 10.1. The molecule has 0 radical (unpaired) electrons. The average molecular weight is 300 g/mol. The molecule has 21 heavy (non-hydrogen) atoms. The van der Waals surface area contributed by atoms with Gasteiger partial charge in [-0.05, 0) is 43.3 Å². The molecule has 1 unspecified atom stereocenters. The number of rotatable bonds is 4. The van der Waals surface area contributed by atoms with Gasteiger partial charge in [0.25, 0.3) is 0 Å². The van der Waals surface area contributed by atoms with E-state index >= 15 is 0 Å². The number of halogens is 1. The van der Waals surface area contributed by atoms with Crippen LogP contribution in [0.2, 0.25) is 5.02 Å². The third kappa shape index (κ3) is 2.67. The van der Waals surface area contributed by atoms with Crippen molar-refractivity contribution in [3.05, 3.63) is 59.4 Å². The minimum absolute atomic E-state index is 0.246. The maximum absolute atomic E-state index is 6.45. The number of nitrogens with zero attached hydrogens (tertiary/aromatic N) is 2. The Labute approximate surface area is 129 Å². The smallest absolute Gasteiger partial charge is 0.100 e. The first-order chi connectivity index (χ1) is 10.2. The van der Waals surface area contributed by atoms with Crippen molar-refractivity contribution >= 4 is 22.6 Å². The van der Waals surface area contributed by atoms with Gasteiger partial charge in [0.2, 0.25) is 0 Å². The zero-order valence-electron chi connectivity index (χ0n) is 12.2. The van der Waals surface area contributed by atoms with Crippen molar-refractivity contribution in [3.63, 3.8) is 0 Å². The molecule has 0 spiro atoms. The molecule has 0 aliphatic heterocycles. The molecule has 1 aromatic heterocycles. The molecule has 0 saturated carbocycles. The van der Waals surface area contributed by atoms with Crippen molar-refractivity contribution in [2.75, 3.05) is 6.54 Å². The van der Waals surface area contributed by atoms with Gasteiger partial charge in [0.05, 0.1) is 11.0 Å². The monoisotopic (exact) mass is 299 g/mol. The number of hydrogen-bond acceptors (Lipinski definition) is 2. The molecule has 2 aromatic carbocycles. The molecule has 0 amide bonds. The Kier molecular flexibility index (Phi) is 3.95. The van der Waals surface area contributed by atoms with E-state index in [0.717, 1.165) is 33.9 Å². The molecule has 0 fully saturated rings. The van der Waals surface area contributed by atoms with Gasteiger partial charge in [-0.3, -0.25) is 4.57 Å². The Morgan fingerprint density at radius 2 is 2.05 bits per heavy atom. The molecular weight excluding hydrogens is 282 g/mol. The summed E-state index contributed by atoms with van der Waals surface area (Å²) >= 11 is 6.45. The van der Waals surface area contributed by atoms with Gasteiger partial charge in [-0.25, -0.2) is 4.98 Å². The van der Waals surface area contributed by atoms with Crippen LogP contribution in [0.25, 0.3) is 16.7 Å². The normalized spacial score (nSPS) is 12.7. The fourth-order valence-corrected chi connectivity index (χ4v) is 2.94. The predicted octanol–water partition coefficient (Wildman–Crippen LogP) is 4.35. The van der Waals surface area contributed by atoms with Gasteiger partial charge in [0.15, 0.2) is 0 Å². The predicted molar refractivity (Wildman–Crippen MR) is 88.2 cm³/mol. The van der Waals surface area contributed by atoms with Crippen molar-refractivity contribution in [1.82, 2.24) is 14.9 Å². The topological polar surface area (TPSA) is 29.9 Å². The fraction of sp³-hybridized carbons (Fsp3) is 0.235. The van der Waals surface area contributed by atoms with Gasteiger partial charge in [-0.1, -0.05) is 36.7 Å². The highest BCUT2D eigenvalue weighted by atomic mass is 35.5. The summed E-state index contributed by atoms with van der Waals surface area (Å²) in [7, 11) is 0. The van der Waals surface area contributed by atoms with E-state index in [9.17, 15) is 0 Å². The Bertz CT molecular complexity index is 764. The second kappa shape index (κ2) is 5.88. The van der Waals surface area contributed by atoms with Gasteiger partial charge >= 0.3 is 0 Å². The minimum Gasteiger partial charge on any atom is -0.310 e. The van der Waals surface area contributed by atoms with E-state index in [-0.39, 0.29) is 6.04 Å². The summed E-state index contributed by atoms with van der Waals surface area (Å²) in [6.45, 7) is 5.14. The molecule has 1 heterocycles. The van der Waals surface area contributed by atoms with Crippen molar-refractivity contribution in [3.8, 4) is 5.69 Å². The second-order valence-electron chi connectivity index (χ2n) is 5.09. The van der Waals surface area contributed by atoms with Crippen LogP contribution in [0.4, 0.5) is 0 Å². The van der Waals surface area contributed by atoms with Gasteiger partial charge in [-0.2, -0.15) is 0 Å². The van der Waals surface area contributed by atoms with E-state index in [1.54, 1.807) is 0 Å². The molecule has 3 aromatic rings. The van der Waals surface area contributed by atoms with Crippen molar-refractivity contribution in [2.45, 2.75) is 19.9 Å². The number of benzene rings is 2. The zero-order chi connectivity index (χ0) is 14.8. The zero-order valence-corrected chi connectivity index (χ0v) is 12.9. The van der Waals surface area contributed by atoms with Crippen LogP contribution in [0.5, 0.6) is 0 Å². The summed E-state index contributed by atoms with van der Waals surface area (Å²) in [6.07, 6.45) is 1.84. The van der Waals surface area contributed by atoms with Crippen LogP contribution in [0.3, 0.4) is 0 Å². The van der Waals surface area contributed by atoms with Crippen LogP contribution in [0.1, 0.15) is 25.5 Å². The van der Waals surface area contributed by atoms with Crippen molar-refractivity contribution in [2.24, 2.45) is 0 Å². The summed E-state index contributed by atoms with van der Waals surface area (Å²) in [6, 6.07) is 14.5. The van der Waals surface area contributed by atoms with E-state index in [1.807, 2.05) is 30.6 Å². The van der Waals surface area contributed by atoms with E-state index < -0.39 is 0 Å². The van der Waals surface area contributed by atoms with Crippen molar-refractivity contribution in [1.29, 1.82) is 0 Å². The highest BCUT2D eigenvalue weighted by Gasteiger charge is 2.11. The van der Waals surface area contributed by atoms with E-state index in [0.29, 0.717) is 0 Å². The van der Waals surface area contributed by atoms with Crippen LogP contribution < -0.4 is 5.32 Å². The van der Waals surface area contributed by atoms with Crippen LogP contribution in [-0.4, -0.2) is 16.1 Å². The molecule has 1 N–H and O–H groups in total. The summed E-state index contributed by atoms with van der Waals surface area (Å²) in [5.74, 6) is 0. The number of hydrogen-bond donors (Lipinski definition) is 1. The Morgan fingerprint density at radius 3 is 2.81 bits per heavy atom. The van der Waals surface area contributed by atoms with Crippen LogP contribution in [0, 0.1) is 0 Å². The largest absolute Gasteiger partial charge is 0.310 e. The Balaban J connectivity index is 2.02. The van der Waals surface area contributed by atoms with Gasteiger partial charge in [0.1, 0.15) is 6.33 Å². The molecule has 0 saturated heterocycles. The Morgan fingerprint density at radius 1 is 1.24 bits per heavy atom. The highest BCUT2D eigenvalue weighted by Crippen LogP contribution is 2.27. The fourth-order valence-electron chi connectivity index (χ4n) is 2.60. The minimum atomic E-state index is 0.246. The molecule has 0 aliphatic carbocycles. The SMILES string of the molecule is CCNC(C)c1ccc(-n2cnc3ccccc32)cc1Cl. The summed E-state index contributed by atoms with van der Waals surface area (Å²) < 4.78 is 2.06. The maximum Gasteiger partial charge on any atom is 0.100 e. The molecule has 0 aliphatic rings. The molecule has 1 atom stereocenters. The number of aromatic nitrogens is 2. The van der Waals surface area contributed by atoms with Crippen molar-refractivity contribution < 1.29 is 0 Å². The lowest BCUT2D eigenvalue weighted by molar-refractivity contribution is 0.598. The van der Waals surface area contributed by atoms with Crippen LogP contribution in [0.15, 0.2) is 48.8 Å². The molecule has 0 bridgehead atoms. The molecule has 108 valence electrons. The summed E-state index contributed by atoms with van der Waals surface area (Å²) in [5, 5.41) is 4.16. The van der Waals surface area contributed by atoms with Crippen LogP contribution in [-0.2, 0) is 0 Å². The van der Waals surface area contributed by atoms with Gasteiger partial charge in [-0.15, -0.1) is 0 Å². The standard InChI is InChI=1S/C17H18ClN3/c1-3-19-12(2)14-9-8-13(10-15(14)18)21-11-20-16-6-4-5-7-17(16)21/h4-12,19H,3H2,1-2H3. The quantitative estimate of drug-likeness (QED) is 0.776. The maximum atomic E-state index is 6.45. The Hall–Kier alpha value is -1.84. The molecule has 3 nitrogen and oxygen atoms in total. The summed E-state index contributed by atoms with van der Waals surface area (Å²) in [5.41, 5.74) is 4.22. The molecule has 3 rings (SSSR count).